The van der Waals surface area contributed by atoms with Crippen molar-refractivity contribution in [3.8, 4) is 0 Å². The number of amides is 2. The quantitative estimate of drug-likeness (QED) is 0.925. The second-order valence-electron chi connectivity index (χ2n) is 6.75. The second-order valence-corrected chi connectivity index (χ2v) is 6.75. The van der Waals surface area contributed by atoms with E-state index in [1.165, 1.54) is 0 Å². The van der Waals surface area contributed by atoms with Crippen LogP contribution in [0.2, 0.25) is 0 Å². The molecule has 2 aromatic carbocycles. The van der Waals surface area contributed by atoms with Crippen molar-refractivity contribution in [2.75, 3.05) is 18.4 Å². The number of carbonyl (C=O) groups excluding carboxylic acids is 2. The van der Waals surface area contributed by atoms with Crippen LogP contribution in [0.1, 0.15) is 23.1 Å². The van der Waals surface area contributed by atoms with Gasteiger partial charge in [0.25, 0.3) is 0 Å². The highest BCUT2D eigenvalue weighted by Crippen LogP contribution is 2.44. The lowest BCUT2D eigenvalue weighted by molar-refractivity contribution is -0.129. The van der Waals surface area contributed by atoms with Gasteiger partial charge in [-0.05, 0) is 36.1 Å². The number of rotatable bonds is 2. The molecule has 2 aliphatic heterocycles. The normalized spacial score (nSPS) is 21.9. The lowest BCUT2D eigenvalue weighted by Crippen LogP contribution is -2.39. The van der Waals surface area contributed by atoms with E-state index in [1.54, 1.807) is 0 Å². The van der Waals surface area contributed by atoms with E-state index in [0.717, 1.165) is 22.4 Å². The molecule has 2 amide bonds. The molecule has 24 heavy (non-hydrogen) atoms. The van der Waals surface area contributed by atoms with Crippen LogP contribution >= 0.6 is 0 Å². The standard InChI is InChI=1S/C20H20N2O2/c1-14-6-2-3-7-15(14)12-18(23)22-11-10-20(13-22)16-8-4-5-9-17(16)21-19(20)24/h2-9H,10-13H2,1H3,(H,21,24). The Morgan fingerprint density at radius 1 is 1.17 bits per heavy atom. The van der Waals surface area contributed by atoms with Crippen molar-refractivity contribution in [3.63, 3.8) is 0 Å². The van der Waals surface area contributed by atoms with Crippen LogP contribution in [0.3, 0.4) is 0 Å². The Morgan fingerprint density at radius 2 is 1.92 bits per heavy atom. The van der Waals surface area contributed by atoms with Crippen LogP contribution in [-0.4, -0.2) is 29.8 Å². The molecule has 2 aliphatic rings. The zero-order valence-corrected chi connectivity index (χ0v) is 13.7. The summed E-state index contributed by atoms with van der Waals surface area (Å²) in [5, 5.41) is 2.97. The molecule has 122 valence electrons. The molecule has 0 aliphatic carbocycles. The Kier molecular flexibility index (Phi) is 3.41. The van der Waals surface area contributed by atoms with Crippen molar-refractivity contribution in [1.82, 2.24) is 4.90 Å². The SMILES string of the molecule is Cc1ccccc1CC(=O)N1CCC2(C1)C(=O)Nc1ccccc12. The fourth-order valence-electron chi connectivity index (χ4n) is 3.88. The van der Waals surface area contributed by atoms with Gasteiger partial charge in [0.15, 0.2) is 0 Å². The lowest BCUT2D eigenvalue weighted by atomic mass is 9.81. The van der Waals surface area contributed by atoms with Gasteiger partial charge in [0.2, 0.25) is 11.8 Å². The minimum atomic E-state index is -0.571. The molecule has 1 unspecified atom stereocenters. The van der Waals surface area contributed by atoms with Crippen molar-refractivity contribution in [2.24, 2.45) is 0 Å². The molecule has 1 N–H and O–H groups in total. The average Bonchev–Trinajstić information content (AvgIpc) is 3.14. The van der Waals surface area contributed by atoms with Crippen molar-refractivity contribution in [1.29, 1.82) is 0 Å². The average molecular weight is 320 g/mol. The first-order valence-corrected chi connectivity index (χ1v) is 8.33. The smallest absolute Gasteiger partial charge is 0.236 e. The monoisotopic (exact) mass is 320 g/mol. The summed E-state index contributed by atoms with van der Waals surface area (Å²) in [6, 6.07) is 15.8. The predicted octanol–water partition coefficient (Wildman–Crippen LogP) is 2.66. The molecule has 0 radical (unpaired) electrons. The summed E-state index contributed by atoms with van der Waals surface area (Å²) in [6.07, 6.45) is 1.08. The highest BCUT2D eigenvalue weighted by atomic mass is 16.2. The number of benzene rings is 2. The summed E-state index contributed by atoms with van der Waals surface area (Å²) in [4.78, 5) is 27.1. The van der Waals surface area contributed by atoms with Gasteiger partial charge in [-0.2, -0.15) is 0 Å². The number of anilines is 1. The van der Waals surface area contributed by atoms with E-state index in [1.807, 2.05) is 60.4 Å². The molecule has 0 saturated carbocycles. The summed E-state index contributed by atoms with van der Waals surface area (Å²) in [6.45, 7) is 3.13. The summed E-state index contributed by atoms with van der Waals surface area (Å²) in [5.41, 5.74) is 3.53. The van der Waals surface area contributed by atoms with Crippen LogP contribution in [0.15, 0.2) is 48.5 Å². The van der Waals surface area contributed by atoms with Crippen LogP contribution in [0, 0.1) is 6.92 Å². The van der Waals surface area contributed by atoms with Gasteiger partial charge >= 0.3 is 0 Å². The molecular weight excluding hydrogens is 300 g/mol. The van der Waals surface area contributed by atoms with Crippen molar-refractivity contribution in [2.45, 2.75) is 25.2 Å². The molecule has 4 heteroatoms. The zero-order chi connectivity index (χ0) is 16.7. The number of hydrogen-bond donors (Lipinski definition) is 1. The minimum Gasteiger partial charge on any atom is -0.341 e. The summed E-state index contributed by atoms with van der Waals surface area (Å²) >= 11 is 0. The first kappa shape index (κ1) is 14.9. The number of hydrogen-bond acceptors (Lipinski definition) is 2. The molecule has 1 fully saturated rings. The van der Waals surface area contributed by atoms with E-state index < -0.39 is 5.41 Å². The first-order valence-electron chi connectivity index (χ1n) is 8.33. The van der Waals surface area contributed by atoms with Gasteiger partial charge in [-0.1, -0.05) is 42.5 Å². The van der Waals surface area contributed by atoms with Crippen LogP contribution in [0.4, 0.5) is 5.69 Å². The molecule has 1 spiro atoms. The van der Waals surface area contributed by atoms with Crippen LogP contribution in [-0.2, 0) is 21.4 Å². The molecule has 0 aromatic heterocycles. The van der Waals surface area contributed by atoms with Crippen LogP contribution < -0.4 is 5.32 Å². The number of nitrogens with zero attached hydrogens (tertiary/aromatic N) is 1. The summed E-state index contributed by atoms with van der Waals surface area (Å²) < 4.78 is 0. The molecule has 0 bridgehead atoms. The Hall–Kier alpha value is -2.62. The second kappa shape index (κ2) is 5.48. The lowest BCUT2D eigenvalue weighted by Gasteiger charge is -2.22. The van der Waals surface area contributed by atoms with Gasteiger partial charge in [0.05, 0.1) is 11.8 Å². The molecule has 4 rings (SSSR count). The summed E-state index contributed by atoms with van der Waals surface area (Å²) in [5.74, 6) is 0.119. The molecule has 4 nitrogen and oxygen atoms in total. The maximum absolute atomic E-state index is 12.7. The first-order chi connectivity index (χ1) is 11.6. The van der Waals surface area contributed by atoms with Crippen molar-refractivity contribution >= 4 is 17.5 Å². The van der Waals surface area contributed by atoms with Crippen LogP contribution in [0.5, 0.6) is 0 Å². The molecule has 2 aromatic rings. The van der Waals surface area contributed by atoms with E-state index in [9.17, 15) is 9.59 Å². The highest BCUT2D eigenvalue weighted by molar-refractivity contribution is 6.07. The third-order valence-electron chi connectivity index (χ3n) is 5.35. The maximum Gasteiger partial charge on any atom is 0.236 e. The Morgan fingerprint density at radius 3 is 2.75 bits per heavy atom. The number of likely N-dealkylation sites (tertiary alicyclic amines) is 1. The fraction of sp³-hybridized carbons (Fsp3) is 0.300. The van der Waals surface area contributed by atoms with Gasteiger partial charge < -0.3 is 10.2 Å². The van der Waals surface area contributed by atoms with Crippen molar-refractivity contribution in [3.05, 3.63) is 65.2 Å². The Balaban J connectivity index is 1.56. The Labute approximate surface area is 141 Å². The maximum atomic E-state index is 12.7. The van der Waals surface area contributed by atoms with E-state index in [0.29, 0.717) is 25.9 Å². The Bertz CT molecular complexity index is 830. The number of para-hydroxylation sites is 1. The van der Waals surface area contributed by atoms with Gasteiger partial charge in [-0.15, -0.1) is 0 Å². The number of aryl methyl sites for hydroxylation is 1. The third-order valence-corrected chi connectivity index (χ3v) is 5.35. The van der Waals surface area contributed by atoms with Gasteiger partial charge in [0, 0.05) is 18.8 Å². The van der Waals surface area contributed by atoms with E-state index in [2.05, 4.69) is 5.32 Å². The third kappa shape index (κ3) is 2.21. The largest absolute Gasteiger partial charge is 0.341 e. The highest BCUT2D eigenvalue weighted by Gasteiger charge is 2.51. The molecular formula is C20H20N2O2. The summed E-state index contributed by atoms with van der Waals surface area (Å²) in [7, 11) is 0. The fourth-order valence-corrected chi connectivity index (χ4v) is 3.88. The molecule has 1 atom stereocenters. The minimum absolute atomic E-state index is 0.0230. The van der Waals surface area contributed by atoms with E-state index in [4.69, 9.17) is 0 Å². The van der Waals surface area contributed by atoms with Crippen LogP contribution in [0.25, 0.3) is 0 Å². The van der Waals surface area contributed by atoms with Gasteiger partial charge in [-0.3, -0.25) is 9.59 Å². The number of fused-ring (bicyclic) bond motifs is 2. The van der Waals surface area contributed by atoms with E-state index in [-0.39, 0.29) is 11.8 Å². The number of carbonyl (C=O) groups is 2. The zero-order valence-electron chi connectivity index (χ0n) is 13.7. The topological polar surface area (TPSA) is 49.4 Å². The van der Waals surface area contributed by atoms with Gasteiger partial charge in [-0.25, -0.2) is 0 Å². The molecule has 2 heterocycles. The van der Waals surface area contributed by atoms with E-state index >= 15 is 0 Å². The molecule has 1 saturated heterocycles. The predicted molar refractivity (Wildman–Crippen MR) is 92.8 cm³/mol. The van der Waals surface area contributed by atoms with Crippen molar-refractivity contribution < 1.29 is 9.59 Å². The number of nitrogens with one attached hydrogen (secondary N) is 1. The van der Waals surface area contributed by atoms with Gasteiger partial charge in [0.1, 0.15) is 0 Å².